The van der Waals surface area contributed by atoms with Crippen molar-refractivity contribution in [3.63, 3.8) is 0 Å². The lowest BCUT2D eigenvalue weighted by molar-refractivity contribution is 0.110. The van der Waals surface area contributed by atoms with Crippen LogP contribution in [-0.2, 0) is 0 Å². The third-order valence-corrected chi connectivity index (χ3v) is 1.13. The topological polar surface area (TPSA) is 121 Å². The van der Waals surface area contributed by atoms with Crippen LogP contribution in [0.5, 0.6) is 0 Å². The lowest BCUT2D eigenvalue weighted by atomic mass is 10.3. The van der Waals surface area contributed by atoms with Crippen molar-refractivity contribution < 1.29 is 30.6 Å². The predicted molar refractivity (Wildman–Crippen MR) is 60.9 cm³/mol. The fourth-order valence-electron chi connectivity index (χ4n) is 0.258. The molecular weight excluding hydrogens is 216 g/mol. The Morgan fingerprint density at radius 3 is 1.12 bits per heavy atom. The molecule has 0 amide bonds. The van der Waals surface area contributed by atoms with Crippen LogP contribution < -0.4 is 0 Å². The van der Waals surface area contributed by atoms with E-state index in [0.717, 1.165) is 0 Å². The number of rotatable bonds is 5. The minimum absolute atomic E-state index is 0.0810. The third kappa shape index (κ3) is 49.0. The molecule has 0 heterocycles. The van der Waals surface area contributed by atoms with Gasteiger partial charge in [-0.05, 0) is 26.7 Å². The molecule has 0 aliphatic heterocycles. The summed E-state index contributed by atoms with van der Waals surface area (Å²) < 4.78 is 0. The third-order valence-electron chi connectivity index (χ3n) is 1.13. The van der Waals surface area contributed by atoms with Gasteiger partial charge in [-0.3, -0.25) is 0 Å². The van der Waals surface area contributed by atoms with Gasteiger partial charge in [0.15, 0.2) is 0 Å². The molecule has 0 saturated carbocycles. The van der Waals surface area contributed by atoms with Crippen LogP contribution in [0.2, 0.25) is 0 Å². The second kappa shape index (κ2) is 20.2. The van der Waals surface area contributed by atoms with Gasteiger partial charge in [0.25, 0.3) is 0 Å². The van der Waals surface area contributed by atoms with E-state index in [1.165, 1.54) is 6.92 Å². The van der Waals surface area contributed by atoms with Crippen LogP contribution in [-0.4, -0.2) is 69.3 Å². The molecular formula is C10H26O6. The molecule has 0 fully saturated rings. The van der Waals surface area contributed by atoms with E-state index in [4.69, 9.17) is 30.6 Å². The molecule has 0 saturated heterocycles. The van der Waals surface area contributed by atoms with E-state index in [0.29, 0.717) is 12.8 Å². The van der Waals surface area contributed by atoms with Crippen molar-refractivity contribution in [2.75, 3.05) is 26.4 Å². The Kier molecular flexibility index (Phi) is 26.6. The smallest absolute Gasteiger partial charge is 0.0742 e. The molecule has 2 unspecified atom stereocenters. The van der Waals surface area contributed by atoms with E-state index in [9.17, 15) is 0 Å². The lowest BCUT2D eigenvalue weighted by Crippen LogP contribution is -2.03. The molecule has 0 aromatic heterocycles. The van der Waals surface area contributed by atoms with Crippen molar-refractivity contribution in [3.8, 4) is 0 Å². The molecule has 0 spiro atoms. The van der Waals surface area contributed by atoms with Gasteiger partial charge < -0.3 is 30.6 Å². The van der Waals surface area contributed by atoms with Crippen molar-refractivity contribution in [1.29, 1.82) is 0 Å². The zero-order valence-corrected chi connectivity index (χ0v) is 10.1. The van der Waals surface area contributed by atoms with Crippen LogP contribution in [0, 0.1) is 0 Å². The average Bonchev–Trinajstić information content (AvgIpc) is 2.20. The van der Waals surface area contributed by atoms with Crippen molar-refractivity contribution in [1.82, 2.24) is 0 Å². The molecule has 0 rings (SSSR count). The molecule has 0 aromatic carbocycles. The van der Waals surface area contributed by atoms with Crippen molar-refractivity contribution in [2.24, 2.45) is 0 Å². The van der Waals surface area contributed by atoms with Crippen molar-refractivity contribution in [2.45, 2.75) is 38.9 Å². The summed E-state index contributed by atoms with van der Waals surface area (Å²) in [7, 11) is 0. The Hall–Kier alpha value is -0.240. The number of aliphatic hydroxyl groups is 6. The van der Waals surface area contributed by atoms with Crippen molar-refractivity contribution in [3.05, 3.63) is 0 Å². The molecule has 0 aromatic rings. The minimum atomic E-state index is -0.560. The van der Waals surface area contributed by atoms with Gasteiger partial charge in [-0.15, -0.1) is 0 Å². The Morgan fingerprint density at radius 2 is 1.12 bits per heavy atom. The highest BCUT2D eigenvalue weighted by Crippen LogP contribution is 1.83. The van der Waals surface area contributed by atoms with Gasteiger partial charge in [0.2, 0.25) is 0 Å². The maximum absolute atomic E-state index is 8.39. The zero-order valence-electron chi connectivity index (χ0n) is 10.1. The van der Waals surface area contributed by atoms with E-state index in [1.807, 2.05) is 0 Å². The standard InChI is InChI=1S/C4H10O2.2C3H8O2/c1-4(6)2-3-5;1-3(5)2-4;4-2-1-3-5/h4-6H,2-3H2,1H3;3-5H,2H2,1H3;4-5H,1-3H2. The Labute approximate surface area is 96.8 Å². The summed E-state index contributed by atoms with van der Waals surface area (Å²) >= 11 is 0. The molecule has 6 nitrogen and oxygen atoms in total. The summed E-state index contributed by atoms with van der Waals surface area (Å²) in [4.78, 5) is 0. The highest BCUT2D eigenvalue weighted by atomic mass is 16.3. The monoisotopic (exact) mass is 242 g/mol. The first-order valence-corrected chi connectivity index (χ1v) is 5.25. The Bertz CT molecular complexity index is 95.3. The fourth-order valence-corrected chi connectivity index (χ4v) is 0.258. The van der Waals surface area contributed by atoms with Gasteiger partial charge in [-0.25, -0.2) is 0 Å². The maximum Gasteiger partial charge on any atom is 0.0742 e. The van der Waals surface area contributed by atoms with Gasteiger partial charge in [-0.2, -0.15) is 0 Å². The summed E-state index contributed by atoms with van der Waals surface area (Å²) in [5.41, 5.74) is 0. The minimum Gasteiger partial charge on any atom is -0.396 e. The normalized spacial score (nSPS) is 12.8. The summed E-state index contributed by atoms with van der Waals surface area (Å²) in [5, 5.41) is 48.3. The number of hydrogen-bond acceptors (Lipinski definition) is 6. The molecule has 102 valence electrons. The van der Waals surface area contributed by atoms with Crippen LogP contribution in [0.4, 0.5) is 0 Å². The number of aliphatic hydroxyl groups excluding tert-OH is 6. The van der Waals surface area contributed by atoms with Gasteiger partial charge >= 0.3 is 0 Å². The highest BCUT2D eigenvalue weighted by Gasteiger charge is 1.88. The van der Waals surface area contributed by atoms with E-state index < -0.39 is 6.10 Å². The van der Waals surface area contributed by atoms with E-state index in [-0.39, 0.29) is 32.5 Å². The van der Waals surface area contributed by atoms with E-state index in [1.54, 1.807) is 6.92 Å². The molecule has 0 bridgehead atoms. The second-order valence-corrected chi connectivity index (χ2v) is 3.19. The molecule has 6 heteroatoms. The van der Waals surface area contributed by atoms with Gasteiger partial charge in [0.05, 0.1) is 18.8 Å². The van der Waals surface area contributed by atoms with Crippen LogP contribution in [0.3, 0.4) is 0 Å². The second-order valence-electron chi connectivity index (χ2n) is 3.19. The molecule has 0 aliphatic rings. The first kappa shape index (κ1) is 21.1. The van der Waals surface area contributed by atoms with Crippen LogP contribution in [0.25, 0.3) is 0 Å². The molecule has 0 radical (unpaired) electrons. The first-order valence-electron chi connectivity index (χ1n) is 5.25. The van der Waals surface area contributed by atoms with Crippen LogP contribution >= 0.6 is 0 Å². The molecule has 2 atom stereocenters. The average molecular weight is 242 g/mol. The van der Waals surface area contributed by atoms with Crippen LogP contribution in [0.1, 0.15) is 26.7 Å². The summed E-state index contributed by atoms with van der Waals surface area (Å²) in [6, 6.07) is 0. The molecule has 6 N–H and O–H groups in total. The first-order chi connectivity index (χ1) is 7.45. The van der Waals surface area contributed by atoms with Gasteiger partial charge in [0.1, 0.15) is 0 Å². The quantitative estimate of drug-likeness (QED) is 0.348. The number of hydrogen-bond donors (Lipinski definition) is 6. The Balaban J connectivity index is -0.000000160. The van der Waals surface area contributed by atoms with Gasteiger partial charge in [0, 0.05) is 19.8 Å². The fraction of sp³-hybridized carbons (Fsp3) is 1.00. The summed E-state index contributed by atoms with van der Waals surface area (Å²) in [6.07, 6.45) is 0.0741. The summed E-state index contributed by atoms with van der Waals surface area (Å²) in [6.45, 7) is 3.31. The lowest BCUT2D eigenvalue weighted by Gasteiger charge is -1.95. The predicted octanol–water partition coefficient (Wildman–Crippen LogP) is -1.53. The van der Waals surface area contributed by atoms with Crippen molar-refractivity contribution >= 4 is 0 Å². The summed E-state index contributed by atoms with van der Waals surface area (Å²) in [5.74, 6) is 0. The van der Waals surface area contributed by atoms with E-state index in [2.05, 4.69) is 0 Å². The van der Waals surface area contributed by atoms with E-state index >= 15 is 0 Å². The largest absolute Gasteiger partial charge is 0.396 e. The Morgan fingerprint density at radius 1 is 0.750 bits per heavy atom. The molecule has 0 aliphatic carbocycles. The SMILES string of the molecule is CC(O)CCO.CC(O)CO.OCCCO. The van der Waals surface area contributed by atoms with Crippen LogP contribution in [0.15, 0.2) is 0 Å². The maximum atomic E-state index is 8.39. The highest BCUT2D eigenvalue weighted by molar-refractivity contribution is 4.40. The van der Waals surface area contributed by atoms with Gasteiger partial charge in [-0.1, -0.05) is 0 Å². The molecule has 16 heavy (non-hydrogen) atoms. The zero-order chi connectivity index (χ0) is 13.4.